The average molecular weight is 165 g/mol. The Morgan fingerprint density at radius 3 is 1.80 bits per heavy atom. The topological polar surface area (TPSA) is 43.7 Å². The van der Waals surface area contributed by atoms with E-state index in [0.29, 0.717) is 12.3 Å². The Balaban J connectivity index is 3.73. The fourth-order valence-electron chi connectivity index (χ4n) is 0.801. The predicted octanol–water partition coefficient (Wildman–Crippen LogP) is -0.105. The number of hydrogen-bond donors (Lipinski definition) is 3. The van der Waals surface area contributed by atoms with Gasteiger partial charge in [-0.1, -0.05) is 0 Å². The molecule has 0 fully saturated rings. The second kappa shape index (κ2) is 4.96. The van der Waals surface area contributed by atoms with E-state index in [1.54, 1.807) is 18.7 Å². The highest BCUT2D eigenvalue weighted by atomic mass is 32.1. The summed E-state index contributed by atoms with van der Waals surface area (Å²) < 4.78 is 0. The van der Waals surface area contributed by atoms with Gasteiger partial charge in [0.2, 0.25) is 0 Å². The molecule has 2 N–H and O–H groups in total. The maximum absolute atomic E-state index is 9.05. The molecule has 0 spiro atoms. The average Bonchev–Trinajstić information content (AvgIpc) is 1.81. The van der Waals surface area contributed by atoms with Crippen LogP contribution < -0.4 is 0 Å². The summed E-state index contributed by atoms with van der Waals surface area (Å²) >= 11 is 3.99. The van der Waals surface area contributed by atoms with Gasteiger partial charge in [-0.15, -0.1) is 0 Å². The van der Waals surface area contributed by atoms with Gasteiger partial charge in [0.05, 0.1) is 0 Å². The van der Waals surface area contributed by atoms with Gasteiger partial charge in [0, 0.05) is 12.3 Å². The van der Waals surface area contributed by atoms with E-state index >= 15 is 0 Å². The van der Waals surface area contributed by atoms with Crippen LogP contribution in [0, 0.1) is 0 Å². The first-order valence-corrected chi connectivity index (χ1v) is 3.95. The van der Waals surface area contributed by atoms with Crippen molar-refractivity contribution in [2.75, 3.05) is 12.3 Å². The van der Waals surface area contributed by atoms with Gasteiger partial charge in [-0.05, 0) is 13.8 Å². The summed E-state index contributed by atoms with van der Waals surface area (Å²) in [7, 11) is 0. The molecule has 0 aliphatic heterocycles. The zero-order chi connectivity index (χ0) is 8.15. The van der Waals surface area contributed by atoms with Crippen LogP contribution in [0.3, 0.4) is 0 Å². The van der Waals surface area contributed by atoms with Crippen LogP contribution in [0.2, 0.25) is 0 Å². The molecule has 4 heteroatoms. The zero-order valence-electron chi connectivity index (χ0n) is 6.36. The first-order valence-electron chi connectivity index (χ1n) is 3.32. The van der Waals surface area contributed by atoms with Crippen LogP contribution in [-0.4, -0.2) is 39.9 Å². The van der Waals surface area contributed by atoms with Gasteiger partial charge in [0.15, 0.2) is 0 Å². The highest BCUT2D eigenvalue weighted by Crippen LogP contribution is 2.00. The normalized spacial score (nSPS) is 17.4. The highest BCUT2D eigenvalue weighted by Gasteiger charge is 2.13. The van der Waals surface area contributed by atoms with E-state index in [9.17, 15) is 0 Å². The van der Waals surface area contributed by atoms with E-state index in [4.69, 9.17) is 10.2 Å². The Morgan fingerprint density at radius 1 is 1.30 bits per heavy atom. The minimum Gasteiger partial charge on any atom is -0.379 e. The van der Waals surface area contributed by atoms with Crippen molar-refractivity contribution in [2.24, 2.45) is 0 Å². The smallest absolute Gasteiger partial charge is 0.106 e. The Bertz CT molecular complexity index is 79.8. The lowest BCUT2D eigenvalue weighted by Gasteiger charge is -2.26. The van der Waals surface area contributed by atoms with Gasteiger partial charge in [0.25, 0.3) is 0 Å². The summed E-state index contributed by atoms with van der Waals surface area (Å²) in [4.78, 5) is 1.55. The summed E-state index contributed by atoms with van der Waals surface area (Å²) in [6, 6.07) is 0. The van der Waals surface area contributed by atoms with E-state index in [1.807, 2.05) is 0 Å². The highest BCUT2D eigenvalue weighted by molar-refractivity contribution is 7.80. The third-order valence-electron chi connectivity index (χ3n) is 1.32. The molecule has 2 unspecified atom stereocenters. The molecule has 0 saturated carbocycles. The molecule has 3 nitrogen and oxygen atoms in total. The van der Waals surface area contributed by atoms with Crippen molar-refractivity contribution >= 4 is 12.6 Å². The lowest BCUT2D eigenvalue weighted by atomic mass is 10.4. The summed E-state index contributed by atoms with van der Waals surface area (Å²) in [5, 5.41) is 18.1. The molecule has 0 aromatic heterocycles. The first-order chi connectivity index (χ1) is 4.59. The van der Waals surface area contributed by atoms with Crippen molar-refractivity contribution in [3.63, 3.8) is 0 Å². The monoisotopic (exact) mass is 165 g/mol. The minimum atomic E-state index is -0.604. The van der Waals surface area contributed by atoms with Gasteiger partial charge < -0.3 is 10.2 Å². The minimum absolute atomic E-state index is 0.596. The molecule has 62 valence electrons. The third-order valence-corrected chi connectivity index (χ3v) is 1.52. The Hall–Kier alpha value is 0.230. The largest absolute Gasteiger partial charge is 0.379 e. The van der Waals surface area contributed by atoms with E-state index in [0.717, 1.165) is 0 Å². The Kier molecular flexibility index (Phi) is 5.07. The number of thiol groups is 1. The van der Waals surface area contributed by atoms with Crippen molar-refractivity contribution in [1.82, 2.24) is 4.90 Å². The SMILES string of the molecule is CC(O)N(CCS)C(C)O. The van der Waals surface area contributed by atoms with Crippen LogP contribution in [0.1, 0.15) is 13.8 Å². The van der Waals surface area contributed by atoms with Gasteiger partial charge >= 0.3 is 0 Å². The van der Waals surface area contributed by atoms with Crippen LogP contribution >= 0.6 is 12.6 Å². The van der Waals surface area contributed by atoms with Crippen molar-refractivity contribution in [2.45, 2.75) is 26.3 Å². The number of aliphatic hydroxyl groups excluding tert-OH is 2. The summed E-state index contributed by atoms with van der Waals surface area (Å²) in [6.07, 6.45) is -1.21. The van der Waals surface area contributed by atoms with E-state index in [1.165, 1.54) is 0 Å². The van der Waals surface area contributed by atoms with Crippen LogP contribution in [0.5, 0.6) is 0 Å². The van der Waals surface area contributed by atoms with Crippen LogP contribution in [0.15, 0.2) is 0 Å². The molecule has 0 aliphatic rings. The van der Waals surface area contributed by atoms with Gasteiger partial charge in [-0.3, -0.25) is 4.90 Å². The molecular weight excluding hydrogens is 150 g/mol. The standard InChI is InChI=1S/C6H15NO2S/c1-5(8)7(3-4-10)6(2)9/h5-6,8-10H,3-4H2,1-2H3. The maximum Gasteiger partial charge on any atom is 0.106 e. The van der Waals surface area contributed by atoms with Crippen molar-refractivity contribution < 1.29 is 10.2 Å². The predicted molar refractivity (Wildman–Crippen MR) is 43.9 cm³/mol. The van der Waals surface area contributed by atoms with Gasteiger partial charge in [-0.2, -0.15) is 12.6 Å². The van der Waals surface area contributed by atoms with Gasteiger partial charge in [-0.25, -0.2) is 0 Å². The van der Waals surface area contributed by atoms with Crippen molar-refractivity contribution in [1.29, 1.82) is 0 Å². The fourth-order valence-corrected chi connectivity index (χ4v) is 1.03. The third kappa shape index (κ3) is 3.41. The van der Waals surface area contributed by atoms with E-state index < -0.39 is 12.5 Å². The Labute approximate surface area is 67.1 Å². The number of rotatable bonds is 4. The molecular formula is C6H15NO2S. The Morgan fingerprint density at radius 2 is 1.70 bits per heavy atom. The number of hydrogen-bond acceptors (Lipinski definition) is 4. The molecule has 0 heterocycles. The van der Waals surface area contributed by atoms with Gasteiger partial charge in [0.1, 0.15) is 12.5 Å². The van der Waals surface area contributed by atoms with Crippen molar-refractivity contribution in [3.8, 4) is 0 Å². The summed E-state index contributed by atoms with van der Waals surface area (Å²) in [5.74, 6) is 0.635. The van der Waals surface area contributed by atoms with Crippen LogP contribution in [-0.2, 0) is 0 Å². The van der Waals surface area contributed by atoms with E-state index in [2.05, 4.69) is 12.6 Å². The number of aliphatic hydroxyl groups is 2. The molecule has 10 heavy (non-hydrogen) atoms. The number of nitrogens with zero attached hydrogens (tertiary/aromatic N) is 1. The van der Waals surface area contributed by atoms with Crippen LogP contribution in [0.25, 0.3) is 0 Å². The molecule has 0 rings (SSSR count). The molecule has 0 radical (unpaired) electrons. The first kappa shape index (κ1) is 10.2. The molecule has 0 aliphatic carbocycles. The lowest BCUT2D eigenvalue weighted by molar-refractivity contribution is -0.0799. The molecule has 0 amide bonds. The molecule has 2 atom stereocenters. The quantitative estimate of drug-likeness (QED) is 0.402. The van der Waals surface area contributed by atoms with Crippen molar-refractivity contribution in [3.05, 3.63) is 0 Å². The van der Waals surface area contributed by atoms with E-state index in [-0.39, 0.29) is 0 Å². The van der Waals surface area contributed by atoms with Crippen LogP contribution in [0.4, 0.5) is 0 Å². The summed E-state index contributed by atoms with van der Waals surface area (Å²) in [5.41, 5.74) is 0. The lowest BCUT2D eigenvalue weighted by Crippen LogP contribution is -2.41. The second-order valence-corrected chi connectivity index (χ2v) is 2.67. The summed E-state index contributed by atoms with van der Waals surface area (Å²) in [6.45, 7) is 3.84. The zero-order valence-corrected chi connectivity index (χ0v) is 7.25. The molecule has 0 bridgehead atoms. The molecule has 0 aromatic rings. The fraction of sp³-hybridized carbons (Fsp3) is 1.00. The second-order valence-electron chi connectivity index (χ2n) is 2.23. The maximum atomic E-state index is 9.05. The molecule has 0 saturated heterocycles. The molecule has 0 aromatic carbocycles.